The maximum absolute atomic E-state index is 11.4. The molecule has 1 N–H and O–H groups in total. The summed E-state index contributed by atoms with van der Waals surface area (Å²) in [5.41, 5.74) is -0.119. The van der Waals surface area contributed by atoms with Crippen LogP contribution in [0.2, 0.25) is 0 Å². The molecule has 0 aliphatic rings. The van der Waals surface area contributed by atoms with Gasteiger partial charge in [0.2, 0.25) is 5.91 Å². The zero-order chi connectivity index (χ0) is 10.6. The lowest BCUT2D eigenvalue weighted by atomic mass is 10.1. The van der Waals surface area contributed by atoms with Crippen LogP contribution in [0, 0.1) is 0 Å². The summed E-state index contributed by atoms with van der Waals surface area (Å²) in [5, 5.41) is 4.99. The first-order valence-corrected chi connectivity index (χ1v) is 5.69. The second-order valence-corrected chi connectivity index (χ2v) is 5.41. The lowest BCUT2D eigenvalue weighted by molar-refractivity contribution is -0.122. The first kappa shape index (κ1) is 11.2. The highest BCUT2D eigenvalue weighted by Gasteiger charge is 2.13. The summed E-state index contributed by atoms with van der Waals surface area (Å²) < 4.78 is 0. The molecule has 0 aliphatic heterocycles. The maximum Gasteiger partial charge on any atom is 0.220 e. The Morgan fingerprint density at radius 3 is 2.71 bits per heavy atom. The third kappa shape index (κ3) is 4.42. The lowest BCUT2D eigenvalue weighted by Crippen LogP contribution is -2.40. The van der Waals surface area contributed by atoms with Crippen molar-refractivity contribution in [1.82, 2.24) is 5.32 Å². The summed E-state index contributed by atoms with van der Waals surface area (Å²) in [6.45, 7) is 5.99. The maximum atomic E-state index is 11.4. The molecule has 1 aromatic rings. The molecule has 0 spiro atoms. The fourth-order valence-corrected chi connectivity index (χ4v) is 1.88. The quantitative estimate of drug-likeness (QED) is 0.818. The molecule has 78 valence electrons. The van der Waals surface area contributed by atoms with E-state index in [-0.39, 0.29) is 11.4 Å². The van der Waals surface area contributed by atoms with Gasteiger partial charge in [0.15, 0.2) is 0 Å². The van der Waals surface area contributed by atoms with Crippen molar-refractivity contribution in [3.05, 3.63) is 22.4 Å². The molecule has 0 saturated heterocycles. The molecule has 0 fully saturated rings. The molecule has 0 unspecified atom stereocenters. The topological polar surface area (TPSA) is 29.1 Å². The number of hydrogen-bond acceptors (Lipinski definition) is 2. The van der Waals surface area contributed by atoms with Gasteiger partial charge < -0.3 is 5.32 Å². The fraction of sp³-hybridized carbons (Fsp3) is 0.545. The molecule has 1 heterocycles. The van der Waals surface area contributed by atoms with Crippen molar-refractivity contribution in [2.24, 2.45) is 0 Å². The summed E-state index contributed by atoms with van der Waals surface area (Å²) in [6, 6.07) is 4.08. The van der Waals surface area contributed by atoms with Crippen molar-refractivity contribution in [3.63, 3.8) is 0 Å². The van der Waals surface area contributed by atoms with Gasteiger partial charge in [-0.25, -0.2) is 0 Å². The highest BCUT2D eigenvalue weighted by atomic mass is 32.1. The predicted octanol–water partition coefficient (Wildman–Crippen LogP) is 2.60. The van der Waals surface area contributed by atoms with E-state index in [1.807, 2.05) is 32.2 Å². The minimum Gasteiger partial charge on any atom is -0.351 e. The zero-order valence-corrected chi connectivity index (χ0v) is 9.78. The highest BCUT2D eigenvalue weighted by Crippen LogP contribution is 2.11. The Bertz CT molecular complexity index is 285. The summed E-state index contributed by atoms with van der Waals surface area (Å²) >= 11 is 1.70. The second-order valence-electron chi connectivity index (χ2n) is 4.38. The van der Waals surface area contributed by atoms with Crippen LogP contribution in [0.15, 0.2) is 17.5 Å². The van der Waals surface area contributed by atoms with Crippen molar-refractivity contribution < 1.29 is 4.79 Å². The number of rotatable bonds is 3. The van der Waals surface area contributed by atoms with Crippen LogP contribution in [0.25, 0.3) is 0 Å². The first-order chi connectivity index (χ1) is 6.47. The van der Waals surface area contributed by atoms with Gasteiger partial charge in [0.05, 0.1) is 0 Å². The summed E-state index contributed by atoms with van der Waals surface area (Å²) in [7, 11) is 0. The number of amides is 1. The molecule has 0 bridgehead atoms. The standard InChI is InChI=1S/C11H17NOS/c1-11(2,3)12-10(13)7-6-9-5-4-8-14-9/h4-5,8H,6-7H2,1-3H3,(H,12,13). The van der Waals surface area contributed by atoms with Gasteiger partial charge in [-0.2, -0.15) is 0 Å². The van der Waals surface area contributed by atoms with E-state index in [1.54, 1.807) is 11.3 Å². The van der Waals surface area contributed by atoms with Gasteiger partial charge in [-0.05, 0) is 38.6 Å². The van der Waals surface area contributed by atoms with Gasteiger partial charge in [-0.3, -0.25) is 4.79 Å². The van der Waals surface area contributed by atoms with Crippen LogP contribution >= 0.6 is 11.3 Å². The minimum atomic E-state index is -0.119. The monoisotopic (exact) mass is 211 g/mol. The van der Waals surface area contributed by atoms with E-state index >= 15 is 0 Å². The molecule has 1 amide bonds. The Morgan fingerprint density at radius 2 is 2.21 bits per heavy atom. The fourth-order valence-electron chi connectivity index (χ4n) is 1.17. The average molecular weight is 211 g/mol. The van der Waals surface area contributed by atoms with Crippen LogP contribution in [0.4, 0.5) is 0 Å². The number of carbonyl (C=O) groups excluding carboxylic acids is 1. The van der Waals surface area contributed by atoms with E-state index in [1.165, 1.54) is 4.88 Å². The van der Waals surface area contributed by atoms with Crippen molar-refractivity contribution >= 4 is 17.2 Å². The van der Waals surface area contributed by atoms with E-state index in [4.69, 9.17) is 0 Å². The number of nitrogens with one attached hydrogen (secondary N) is 1. The number of carbonyl (C=O) groups is 1. The second kappa shape index (κ2) is 4.60. The Kier molecular flexibility index (Phi) is 3.69. The third-order valence-electron chi connectivity index (χ3n) is 1.69. The minimum absolute atomic E-state index is 0.119. The average Bonchev–Trinajstić information content (AvgIpc) is 2.49. The smallest absolute Gasteiger partial charge is 0.220 e. The molecular weight excluding hydrogens is 194 g/mol. The molecule has 0 aliphatic carbocycles. The van der Waals surface area contributed by atoms with Crippen molar-refractivity contribution in [2.75, 3.05) is 0 Å². The first-order valence-electron chi connectivity index (χ1n) is 4.81. The summed E-state index contributed by atoms with van der Waals surface area (Å²) in [4.78, 5) is 12.7. The van der Waals surface area contributed by atoms with Gasteiger partial charge in [-0.1, -0.05) is 6.07 Å². The molecular formula is C11H17NOS. The summed E-state index contributed by atoms with van der Waals surface area (Å²) in [5.74, 6) is 0.130. The largest absolute Gasteiger partial charge is 0.351 e. The number of aryl methyl sites for hydroxylation is 1. The Labute approximate surface area is 89.3 Å². The molecule has 0 radical (unpaired) electrons. The molecule has 3 heteroatoms. The molecule has 0 aromatic carbocycles. The zero-order valence-electron chi connectivity index (χ0n) is 8.96. The van der Waals surface area contributed by atoms with E-state index in [9.17, 15) is 4.79 Å². The van der Waals surface area contributed by atoms with Crippen molar-refractivity contribution in [2.45, 2.75) is 39.2 Å². The third-order valence-corrected chi connectivity index (χ3v) is 2.63. The Hall–Kier alpha value is -0.830. The van der Waals surface area contributed by atoms with E-state index in [0.29, 0.717) is 6.42 Å². The van der Waals surface area contributed by atoms with Crippen molar-refractivity contribution in [1.29, 1.82) is 0 Å². The summed E-state index contributed by atoms with van der Waals surface area (Å²) in [6.07, 6.45) is 1.43. The van der Waals surface area contributed by atoms with Gasteiger partial charge in [-0.15, -0.1) is 11.3 Å². The van der Waals surface area contributed by atoms with Gasteiger partial charge in [0.25, 0.3) is 0 Å². The molecule has 0 saturated carbocycles. The van der Waals surface area contributed by atoms with Crippen LogP contribution < -0.4 is 5.32 Å². The Balaban J connectivity index is 2.29. The number of hydrogen-bond donors (Lipinski definition) is 1. The number of thiophene rings is 1. The van der Waals surface area contributed by atoms with Crippen LogP contribution in [-0.4, -0.2) is 11.4 Å². The highest BCUT2D eigenvalue weighted by molar-refractivity contribution is 7.09. The SMILES string of the molecule is CC(C)(C)NC(=O)CCc1cccs1. The van der Waals surface area contributed by atoms with Crippen LogP contribution in [0.3, 0.4) is 0 Å². The van der Waals surface area contributed by atoms with Crippen LogP contribution in [-0.2, 0) is 11.2 Å². The predicted molar refractivity (Wildman–Crippen MR) is 60.5 cm³/mol. The van der Waals surface area contributed by atoms with Gasteiger partial charge in [0, 0.05) is 16.8 Å². The molecule has 0 atom stereocenters. The normalized spacial score (nSPS) is 11.4. The molecule has 1 aromatic heterocycles. The van der Waals surface area contributed by atoms with E-state index in [0.717, 1.165) is 6.42 Å². The van der Waals surface area contributed by atoms with E-state index in [2.05, 4.69) is 11.4 Å². The Morgan fingerprint density at radius 1 is 1.50 bits per heavy atom. The van der Waals surface area contributed by atoms with Crippen LogP contribution in [0.1, 0.15) is 32.1 Å². The molecule has 2 nitrogen and oxygen atoms in total. The molecule has 1 rings (SSSR count). The molecule has 14 heavy (non-hydrogen) atoms. The van der Waals surface area contributed by atoms with Gasteiger partial charge >= 0.3 is 0 Å². The van der Waals surface area contributed by atoms with E-state index < -0.39 is 0 Å². The van der Waals surface area contributed by atoms with Gasteiger partial charge in [0.1, 0.15) is 0 Å². The van der Waals surface area contributed by atoms with Crippen molar-refractivity contribution in [3.8, 4) is 0 Å². The lowest BCUT2D eigenvalue weighted by Gasteiger charge is -2.20. The van der Waals surface area contributed by atoms with Crippen LogP contribution in [0.5, 0.6) is 0 Å².